The quantitative estimate of drug-likeness (QED) is 0.699. The van der Waals surface area contributed by atoms with Gasteiger partial charge in [-0.3, -0.25) is 9.59 Å². The monoisotopic (exact) mass is 306 g/mol. The van der Waals surface area contributed by atoms with E-state index in [2.05, 4.69) is 5.32 Å². The first-order valence-electron chi connectivity index (χ1n) is 7.36. The molecule has 120 valence electrons. The Labute approximate surface area is 130 Å². The summed E-state index contributed by atoms with van der Waals surface area (Å²) >= 11 is 0. The molecule has 0 saturated carbocycles. The summed E-state index contributed by atoms with van der Waals surface area (Å²) < 4.78 is 10.7. The summed E-state index contributed by atoms with van der Waals surface area (Å²) in [5.74, 6) is 0.243. The molecule has 0 atom stereocenters. The van der Waals surface area contributed by atoms with Gasteiger partial charge in [0, 0.05) is 6.42 Å². The third-order valence-electron chi connectivity index (χ3n) is 3.51. The van der Waals surface area contributed by atoms with Gasteiger partial charge in [-0.2, -0.15) is 0 Å². The van der Waals surface area contributed by atoms with Crippen LogP contribution in [0.2, 0.25) is 0 Å². The molecule has 6 nitrogen and oxygen atoms in total. The maximum absolute atomic E-state index is 11.9. The zero-order valence-corrected chi connectivity index (χ0v) is 12.8. The Morgan fingerprint density at radius 3 is 2.55 bits per heavy atom. The summed E-state index contributed by atoms with van der Waals surface area (Å²) in [5.41, 5.74) is 5.76. The molecule has 1 aliphatic rings. The minimum Gasteiger partial charge on any atom is -0.494 e. The van der Waals surface area contributed by atoms with Crippen molar-refractivity contribution in [1.82, 2.24) is 5.32 Å². The van der Waals surface area contributed by atoms with Gasteiger partial charge in [-0.25, -0.2) is 0 Å². The third kappa shape index (κ3) is 4.73. The highest BCUT2D eigenvalue weighted by molar-refractivity contribution is 5.80. The van der Waals surface area contributed by atoms with Gasteiger partial charge in [0.25, 0.3) is 0 Å². The summed E-state index contributed by atoms with van der Waals surface area (Å²) in [6, 6.07) is 7.77. The Bertz CT molecular complexity index is 523. The second kappa shape index (κ2) is 7.26. The van der Waals surface area contributed by atoms with E-state index < -0.39 is 11.4 Å². The molecule has 0 radical (unpaired) electrons. The lowest BCUT2D eigenvalue weighted by atomic mass is 9.92. The highest BCUT2D eigenvalue weighted by Gasteiger charge is 2.41. The summed E-state index contributed by atoms with van der Waals surface area (Å²) in [5, 5.41) is 2.85. The molecular weight excluding hydrogens is 284 g/mol. The minimum absolute atomic E-state index is 0.110. The lowest BCUT2D eigenvalue weighted by Gasteiger charge is -2.41. The number of hydrogen-bond donors (Lipinski definition) is 2. The Hall–Kier alpha value is -2.08. The minimum atomic E-state index is -0.610. The van der Waals surface area contributed by atoms with Crippen molar-refractivity contribution in [2.24, 2.45) is 5.73 Å². The number of benzene rings is 1. The highest BCUT2D eigenvalue weighted by atomic mass is 16.5. The van der Waals surface area contributed by atoms with Gasteiger partial charge in [0.2, 0.25) is 11.8 Å². The van der Waals surface area contributed by atoms with Crippen LogP contribution >= 0.6 is 0 Å². The number of nitrogens with one attached hydrogen (secondary N) is 1. The van der Waals surface area contributed by atoms with Gasteiger partial charge in [0.1, 0.15) is 5.75 Å². The van der Waals surface area contributed by atoms with Crippen LogP contribution in [0.15, 0.2) is 24.3 Å². The van der Waals surface area contributed by atoms with Crippen LogP contribution < -0.4 is 15.8 Å². The number of ether oxygens (including phenoxy) is 2. The number of carbonyl (C=O) groups is 2. The number of aryl methyl sites for hydroxylation is 1. The SMILES string of the molecule is Cc1ccc(OCCCC(=O)NC2(CC(N)=O)COC2)cc1. The molecule has 2 amide bonds. The second-order valence-electron chi connectivity index (χ2n) is 5.73. The van der Waals surface area contributed by atoms with Gasteiger partial charge in [-0.05, 0) is 25.5 Å². The standard InChI is InChI=1S/C16H22N2O4/c1-12-4-6-13(7-5-12)22-8-2-3-15(20)18-16(9-14(17)19)10-21-11-16/h4-7H,2-3,8-11H2,1H3,(H2,17,19)(H,18,20). The molecule has 3 N–H and O–H groups in total. The van der Waals surface area contributed by atoms with Gasteiger partial charge in [-0.1, -0.05) is 17.7 Å². The molecule has 0 unspecified atom stereocenters. The molecule has 22 heavy (non-hydrogen) atoms. The van der Waals surface area contributed by atoms with E-state index in [1.54, 1.807) is 0 Å². The maximum atomic E-state index is 11.9. The molecule has 1 aliphatic heterocycles. The highest BCUT2D eigenvalue weighted by Crippen LogP contribution is 2.21. The van der Waals surface area contributed by atoms with Crippen LogP contribution in [0.4, 0.5) is 0 Å². The zero-order valence-electron chi connectivity index (χ0n) is 12.8. The number of primary amides is 1. The van der Waals surface area contributed by atoms with Crippen LogP contribution in [0.3, 0.4) is 0 Å². The molecule has 0 aromatic heterocycles. The second-order valence-corrected chi connectivity index (χ2v) is 5.73. The zero-order chi connectivity index (χ0) is 16.0. The lowest BCUT2D eigenvalue weighted by molar-refractivity contribution is -0.138. The summed E-state index contributed by atoms with van der Waals surface area (Å²) in [6.45, 7) is 3.15. The van der Waals surface area contributed by atoms with Crippen LogP contribution in [0.25, 0.3) is 0 Å². The van der Waals surface area contributed by atoms with Gasteiger partial charge >= 0.3 is 0 Å². The van der Waals surface area contributed by atoms with Crippen molar-refractivity contribution < 1.29 is 19.1 Å². The van der Waals surface area contributed by atoms with Crippen molar-refractivity contribution in [2.75, 3.05) is 19.8 Å². The van der Waals surface area contributed by atoms with Crippen LogP contribution in [-0.2, 0) is 14.3 Å². The number of hydrogen-bond acceptors (Lipinski definition) is 4. The number of carbonyl (C=O) groups excluding carboxylic acids is 2. The molecule has 1 saturated heterocycles. The van der Waals surface area contributed by atoms with Crippen molar-refractivity contribution in [3.05, 3.63) is 29.8 Å². The summed E-state index contributed by atoms with van der Waals surface area (Å²) in [6.07, 6.45) is 1.05. The van der Waals surface area contributed by atoms with Crippen LogP contribution in [0.5, 0.6) is 5.75 Å². The molecule has 1 fully saturated rings. The fraction of sp³-hybridized carbons (Fsp3) is 0.500. The number of nitrogens with two attached hydrogens (primary N) is 1. The van der Waals surface area contributed by atoms with E-state index in [1.807, 2.05) is 31.2 Å². The first-order valence-corrected chi connectivity index (χ1v) is 7.36. The molecule has 0 spiro atoms. The largest absolute Gasteiger partial charge is 0.494 e. The predicted octanol–water partition coefficient (Wildman–Crippen LogP) is 0.915. The van der Waals surface area contributed by atoms with E-state index in [4.69, 9.17) is 15.2 Å². The van der Waals surface area contributed by atoms with E-state index in [0.717, 1.165) is 5.75 Å². The maximum Gasteiger partial charge on any atom is 0.220 e. The normalized spacial score (nSPS) is 15.7. The Kier molecular flexibility index (Phi) is 5.38. The van der Waals surface area contributed by atoms with Crippen LogP contribution in [-0.4, -0.2) is 37.2 Å². The van der Waals surface area contributed by atoms with E-state index in [1.165, 1.54) is 5.56 Å². The van der Waals surface area contributed by atoms with E-state index in [9.17, 15) is 9.59 Å². The van der Waals surface area contributed by atoms with Crippen molar-refractivity contribution in [3.8, 4) is 5.75 Å². The number of amides is 2. The van der Waals surface area contributed by atoms with Crippen molar-refractivity contribution >= 4 is 11.8 Å². The average Bonchev–Trinajstić information content (AvgIpc) is 2.42. The van der Waals surface area contributed by atoms with E-state index in [0.29, 0.717) is 32.7 Å². The van der Waals surface area contributed by atoms with Gasteiger partial charge in [0.15, 0.2) is 0 Å². The molecule has 0 bridgehead atoms. The fourth-order valence-corrected chi connectivity index (χ4v) is 2.32. The predicted molar refractivity (Wildman–Crippen MR) is 81.4 cm³/mol. The van der Waals surface area contributed by atoms with Gasteiger partial charge < -0.3 is 20.5 Å². The molecule has 2 rings (SSSR count). The Balaban J connectivity index is 1.67. The molecule has 1 aromatic rings. The van der Waals surface area contributed by atoms with Crippen LogP contribution in [0, 0.1) is 6.92 Å². The van der Waals surface area contributed by atoms with Crippen molar-refractivity contribution in [2.45, 2.75) is 31.7 Å². The Morgan fingerprint density at radius 1 is 1.32 bits per heavy atom. The molecule has 1 heterocycles. The fourth-order valence-electron chi connectivity index (χ4n) is 2.32. The number of rotatable bonds is 8. The lowest BCUT2D eigenvalue weighted by Crippen LogP contribution is -2.63. The van der Waals surface area contributed by atoms with Gasteiger partial charge in [-0.15, -0.1) is 0 Å². The third-order valence-corrected chi connectivity index (χ3v) is 3.51. The van der Waals surface area contributed by atoms with Crippen LogP contribution in [0.1, 0.15) is 24.8 Å². The van der Waals surface area contributed by atoms with Gasteiger partial charge in [0.05, 0.1) is 31.8 Å². The van der Waals surface area contributed by atoms with E-state index >= 15 is 0 Å². The summed E-state index contributed by atoms with van der Waals surface area (Å²) in [4.78, 5) is 22.9. The first kappa shape index (κ1) is 16.3. The Morgan fingerprint density at radius 2 is 2.00 bits per heavy atom. The first-order chi connectivity index (χ1) is 10.5. The molecular formula is C16H22N2O4. The molecule has 1 aromatic carbocycles. The van der Waals surface area contributed by atoms with E-state index in [-0.39, 0.29) is 12.3 Å². The molecule has 0 aliphatic carbocycles. The average molecular weight is 306 g/mol. The van der Waals surface area contributed by atoms with Crippen molar-refractivity contribution in [1.29, 1.82) is 0 Å². The summed E-state index contributed by atoms with van der Waals surface area (Å²) in [7, 11) is 0. The topological polar surface area (TPSA) is 90.6 Å². The smallest absolute Gasteiger partial charge is 0.220 e. The van der Waals surface area contributed by atoms with Crippen molar-refractivity contribution in [3.63, 3.8) is 0 Å². The molecule has 6 heteroatoms.